The van der Waals surface area contributed by atoms with Gasteiger partial charge in [-0.1, -0.05) is 29.5 Å². The van der Waals surface area contributed by atoms with E-state index in [2.05, 4.69) is 31.3 Å². The summed E-state index contributed by atoms with van der Waals surface area (Å²) in [6.07, 6.45) is 3.07. The number of fused-ring (bicyclic) bond motifs is 1. The normalized spacial score (nSPS) is 10.7. The summed E-state index contributed by atoms with van der Waals surface area (Å²) in [5, 5.41) is 12.3. The number of para-hydroxylation sites is 1. The molecule has 0 aliphatic heterocycles. The summed E-state index contributed by atoms with van der Waals surface area (Å²) in [5.41, 5.74) is 5.18. The molecule has 0 atom stereocenters. The van der Waals surface area contributed by atoms with Crippen molar-refractivity contribution in [1.29, 1.82) is 5.26 Å². The summed E-state index contributed by atoms with van der Waals surface area (Å²) >= 11 is 1.27. The van der Waals surface area contributed by atoms with Gasteiger partial charge >= 0.3 is 0 Å². The molecule has 8 nitrogen and oxygen atoms in total. The first-order valence-electron chi connectivity index (χ1n) is 10.6. The first-order chi connectivity index (χ1) is 17.1. The lowest BCUT2D eigenvalue weighted by Gasteiger charge is -2.13. The number of rotatable bonds is 5. The SMILES string of the molecule is COc1ccccc1-c1cc(C)ncc1C(=O)Nc1nc2ccc(-c3ccc(C#N)cn3)nc2s1. The van der Waals surface area contributed by atoms with Crippen molar-refractivity contribution >= 4 is 32.7 Å². The molecule has 0 fully saturated rings. The van der Waals surface area contributed by atoms with Crippen LogP contribution in [-0.2, 0) is 0 Å². The summed E-state index contributed by atoms with van der Waals surface area (Å²) in [5.74, 6) is 0.340. The van der Waals surface area contributed by atoms with Gasteiger partial charge in [0, 0.05) is 29.2 Å². The lowest BCUT2D eigenvalue weighted by Crippen LogP contribution is -2.14. The molecule has 1 N–H and O–H groups in total. The third kappa shape index (κ3) is 4.43. The Balaban J connectivity index is 1.46. The van der Waals surface area contributed by atoms with E-state index in [-0.39, 0.29) is 5.91 Å². The Morgan fingerprint density at radius 2 is 1.83 bits per heavy atom. The van der Waals surface area contributed by atoms with Gasteiger partial charge in [-0.25, -0.2) is 9.97 Å². The number of carbonyl (C=O) groups is 1. The van der Waals surface area contributed by atoms with Gasteiger partial charge in [0.25, 0.3) is 5.91 Å². The van der Waals surface area contributed by atoms with E-state index in [1.54, 1.807) is 25.4 Å². The Morgan fingerprint density at radius 1 is 1.00 bits per heavy atom. The zero-order valence-corrected chi connectivity index (χ0v) is 19.6. The number of carbonyl (C=O) groups excluding carboxylic acids is 1. The van der Waals surface area contributed by atoms with Crippen molar-refractivity contribution in [3.05, 3.63) is 83.8 Å². The highest BCUT2D eigenvalue weighted by Gasteiger charge is 2.18. The van der Waals surface area contributed by atoms with E-state index in [0.717, 1.165) is 16.8 Å². The average Bonchev–Trinajstić information content (AvgIpc) is 3.30. The number of aryl methyl sites for hydroxylation is 1. The molecule has 0 unspecified atom stereocenters. The number of nitrogens with one attached hydrogen (secondary N) is 1. The van der Waals surface area contributed by atoms with Crippen LogP contribution in [0.3, 0.4) is 0 Å². The molecule has 1 aromatic carbocycles. The highest BCUT2D eigenvalue weighted by Crippen LogP contribution is 2.33. The summed E-state index contributed by atoms with van der Waals surface area (Å²) in [7, 11) is 1.60. The molecule has 4 heterocycles. The van der Waals surface area contributed by atoms with Gasteiger partial charge in [-0.05, 0) is 43.3 Å². The second-order valence-corrected chi connectivity index (χ2v) is 8.59. The predicted octanol–water partition coefficient (Wildman–Crippen LogP) is 5.26. The maximum absolute atomic E-state index is 13.3. The van der Waals surface area contributed by atoms with Crippen LogP contribution in [0.25, 0.3) is 32.9 Å². The molecule has 9 heteroatoms. The maximum atomic E-state index is 13.3. The van der Waals surface area contributed by atoms with Crippen molar-refractivity contribution in [2.24, 2.45) is 0 Å². The van der Waals surface area contributed by atoms with Crippen LogP contribution in [-0.4, -0.2) is 33.0 Å². The molecule has 5 aromatic rings. The monoisotopic (exact) mass is 478 g/mol. The second-order valence-electron chi connectivity index (χ2n) is 7.61. The second kappa shape index (κ2) is 9.29. The molecule has 0 spiro atoms. The average molecular weight is 479 g/mol. The molecule has 0 radical (unpaired) electrons. The smallest absolute Gasteiger partial charge is 0.259 e. The molecule has 4 aromatic heterocycles. The van der Waals surface area contributed by atoms with Crippen molar-refractivity contribution < 1.29 is 9.53 Å². The topological polar surface area (TPSA) is 114 Å². The minimum Gasteiger partial charge on any atom is -0.496 e. The van der Waals surface area contributed by atoms with Crippen LogP contribution in [0.15, 0.2) is 67.0 Å². The molecule has 0 aliphatic carbocycles. The van der Waals surface area contributed by atoms with Crippen LogP contribution in [0.4, 0.5) is 5.13 Å². The van der Waals surface area contributed by atoms with Crippen LogP contribution >= 0.6 is 11.3 Å². The zero-order valence-electron chi connectivity index (χ0n) is 18.8. The summed E-state index contributed by atoms with van der Waals surface area (Å²) in [4.78, 5) is 31.7. The molecule has 0 saturated heterocycles. The van der Waals surface area contributed by atoms with Gasteiger partial charge in [-0.15, -0.1) is 0 Å². The van der Waals surface area contributed by atoms with E-state index in [9.17, 15) is 4.79 Å². The van der Waals surface area contributed by atoms with Crippen LogP contribution in [0.1, 0.15) is 21.6 Å². The number of amides is 1. The summed E-state index contributed by atoms with van der Waals surface area (Å²) < 4.78 is 5.50. The van der Waals surface area contributed by atoms with E-state index < -0.39 is 0 Å². The molecule has 35 heavy (non-hydrogen) atoms. The molecule has 170 valence electrons. The molecule has 0 aliphatic rings. The standard InChI is InChI=1S/C26H18N6O2S/c1-15-11-18(17-5-3-4-6-23(17)34-2)19(14-28-15)24(33)32-26-31-22-10-9-21(30-25(22)35-26)20-8-7-16(12-27)13-29-20/h3-11,13-14H,1-2H3,(H,31,32,33). The highest BCUT2D eigenvalue weighted by molar-refractivity contribution is 7.22. The van der Waals surface area contributed by atoms with Crippen LogP contribution in [0.2, 0.25) is 0 Å². The van der Waals surface area contributed by atoms with Crippen molar-refractivity contribution in [2.75, 3.05) is 12.4 Å². The minimum absolute atomic E-state index is 0.327. The number of methoxy groups -OCH3 is 1. The predicted molar refractivity (Wildman–Crippen MR) is 134 cm³/mol. The fraction of sp³-hybridized carbons (Fsp3) is 0.0769. The number of nitrogens with zero attached hydrogens (tertiary/aromatic N) is 5. The summed E-state index contributed by atoms with van der Waals surface area (Å²) in [6, 6.07) is 18.5. The van der Waals surface area contributed by atoms with Gasteiger partial charge in [0.2, 0.25) is 0 Å². The number of nitriles is 1. The number of benzene rings is 1. The molecular formula is C26H18N6O2S. The summed E-state index contributed by atoms with van der Waals surface area (Å²) in [6.45, 7) is 1.88. The zero-order chi connectivity index (χ0) is 24.4. The van der Waals surface area contributed by atoms with Crippen molar-refractivity contribution in [1.82, 2.24) is 19.9 Å². The molecule has 5 rings (SSSR count). The number of ether oxygens (including phenoxy) is 1. The maximum Gasteiger partial charge on any atom is 0.259 e. The Morgan fingerprint density at radius 3 is 2.60 bits per heavy atom. The van der Waals surface area contributed by atoms with E-state index in [4.69, 9.17) is 10.00 Å². The van der Waals surface area contributed by atoms with Crippen LogP contribution in [0, 0.1) is 18.3 Å². The Hall–Kier alpha value is -4.68. The number of hydrogen-bond acceptors (Lipinski definition) is 8. The van der Waals surface area contributed by atoms with E-state index in [0.29, 0.717) is 43.7 Å². The lowest BCUT2D eigenvalue weighted by atomic mass is 9.99. The van der Waals surface area contributed by atoms with E-state index in [1.807, 2.05) is 49.4 Å². The van der Waals surface area contributed by atoms with Gasteiger partial charge in [-0.2, -0.15) is 5.26 Å². The van der Waals surface area contributed by atoms with Gasteiger partial charge in [0.15, 0.2) is 5.13 Å². The van der Waals surface area contributed by atoms with E-state index in [1.165, 1.54) is 17.5 Å². The molecule has 0 bridgehead atoms. The number of aromatic nitrogens is 4. The molecular weight excluding hydrogens is 460 g/mol. The molecule has 1 amide bonds. The van der Waals surface area contributed by atoms with Crippen molar-refractivity contribution in [2.45, 2.75) is 6.92 Å². The lowest BCUT2D eigenvalue weighted by molar-refractivity contribution is 0.102. The Kier molecular flexibility index (Phi) is 5.87. The van der Waals surface area contributed by atoms with Crippen LogP contribution < -0.4 is 10.1 Å². The van der Waals surface area contributed by atoms with Gasteiger partial charge < -0.3 is 4.74 Å². The number of pyridine rings is 3. The first kappa shape index (κ1) is 22.1. The van der Waals surface area contributed by atoms with Crippen molar-refractivity contribution in [3.8, 4) is 34.3 Å². The fourth-order valence-corrected chi connectivity index (χ4v) is 4.45. The highest BCUT2D eigenvalue weighted by atomic mass is 32.1. The fourth-order valence-electron chi connectivity index (χ4n) is 3.62. The van der Waals surface area contributed by atoms with Crippen molar-refractivity contribution in [3.63, 3.8) is 0 Å². The van der Waals surface area contributed by atoms with E-state index >= 15 is 0 Å². The Bertz CT molecular complexity index is 1610. The molecule has 0 saturated carbocycles. The Labute approximate surface area is 204 Å². The quantitative estimate of drug-likeness (QED) is 0.367. The number of anilines is 1. The van der Waals surface area contributed by atoms with Gasteiger partial charge in [-0.3, -0.25) is 20.1 Å². The first-order valence-corrected chi connectivity index (χ1v) is 11.4. The van der Waals surface area contributed by atoms with Gasteiger partial charge in [0.05, 0.1) is 29.6 Å². The third-order valence-corrected chi connectivity index (χ3v) is 6.19. The number of thiazole rings is 1. The largest absolute Gasteiger partial charge is 0.496 e. The third-order valence-electron chi connectivity index (χ3n) is 5.31. The van der Waals surface area contributed by atoms with Gasteiger partial charge in [0.1, 0.15) is 22.2 Å². The number of hydrogen-bond donors (Lipinski definition) is 1. The van der Waals surface area contributed by atoms with Crippen LogP contribution in [0.5, 0.6) is 5.75 Å². The minimum atomic E-state index is -0.327.